The number of alkyl halides is 6. The summed E-state index contributed by atoms with van der Waals surface area (Å²) >= 11 is 0. The lowest BCUT2D eigenvalue weighted by molar-refractivity contribution is -0.160. The summed E-state index contributed by atoms with van der Waals surface area (Å²) in [4.78, 5) is 10.5. The summed E-state index contributed by atoms with van der Waals surface area (Å²) < 4.78 is 77.2. The number of carbonyl (C=O) groups is 1. The van der Waals surface area contributed by atoms with Crippen molar-refractivity contribution in [2.75, 3.05) is 0 Å². The van der Waals surface area contributed by atoms with Gasteiger partial charge in [0, 0.05) is 12.0 Å². The van der Waals surface area contributed by atoms with Crippen molar-refractivity contribution < 1.29 is 36.2 Å². The van der Waals surface area contributed by atoms with Crippen molar-refractivity contribution in [2.45, 2.75) is 44.5 Å². The number of aliphatic carboxylic acids is 1. The van der Waals surface area contributed by atoms with Crippen molar-refractivity contribution in [1.82, 2.24) is 0 Å². The van der Waals surface area contributed by atoms with Crippen LogP contribution in [-0.4, -0.2) is 28.8 Å². The van der Waals surface area contributed by atoms with E-state index in [2.05, 4.69) is 0 Å². The average molecular weight is 303 g/mol. The third-order valence-electron chi connectivity index (χ3n) is 2.70. The molecule has 0 aliphatic heterocycles. The van der Waals surface area contributed by atoms with Crippen molar-refractivity contribution in [3.05, 3.63) is 11.1 Å². The zero-order valence-corrected chi connectivity index (χ0v) is 10.5. The molecule has 20 heavy (non-hydrogen) atoms. The smallest absolute Gasteiger partial charge is 0.389 e. The molecule has 0 saturated carbocycles. The van der Waals surface area contributed by atoms with E-state index in [4.69, 9.17) is 10.4 Å². The van der Waals surface area contributed by atoms with Crippen LogP contribution < -0.4 is 0 Å². The van der Waals surface area contributed by atoms with Crippen LogP contribution in [0.25, 0.3) is 0 Å². The van der Waals surface area contributed by atoms with Gasteiger partial charge in [0.05, 0.1) is 0 Å². The fourth-order valence-electron chi connectivity index (χ4n) is 1.37. The van der Waals surface area contributed by atoms with E-state index in [9.17, 15) is 31.1 Å². The number of carboxylic acid groups (broad SMARTS) is 1. The molecule has 0 aliphatic rings. The lowest BCUT2D eigenvalue weighted by atomic mass is 9.87. The van der Waals surface area contributed by atoms with Crippen LogP contribution in [0.3, 0.4) is 0 Å². The molecule has 1 atom stereocenters. The molecule has 0 bridgehead atoms. The van der Waals surface area contributed by atoms with Gasteiger partial charge in [-0.25, -0.2) is 9.18 Å². The Morgan fingerprint density at radius 3 is 1.90 bits per heavy atom. The van der Waals surface area contributed by atoms with Gasteiger partial charge < -0.3 is 5.11 Å². The number of hydrogen-bond donors (Lipinski definition) is 1. The van der Waals surface area contributed by atoms with Gasteiger partial charge in [-0.05, 0) is 20.3 Å². The normalized spacial score (nSPS) is 16.9. The maximum atomic E-state index is 13.8. The van der Waals surface area contributed by atoms with Gasteiger partial charge in [0.25, 0.3) is 0 Å². The third-order valence-corrected chi connectivity index (χ3v) is 2.70. The zero-order chi connectivity index (χ0) is 16.4. The summed E-state index contributed by atoms with van der Waals surface area (Å²) in [6.45, 7) is 0.733. The van der Waals surface area contributed by atoms with E-state index in [1.165, 1.54) is 0 Å². The van der Waals surface area contributed by atoms with Crippen LogP contribution in [0.5, 0.6) is 0 Å². The van der Waals surface area contributed by atoms with Crippen LogP contribution in [0, 0.1) is 11.3 Å². The highest BCUT2D eigenvalue weighted by Crippen LogP contribution is 2.43. The van der Waals surface area contributed by atoms with Crippen LogP contribution in [0.4, 0.5) is 26.3 Å². The maximum absolute atomic E-state index is 13.8. The second-order valence-corrected chi connectivity index (χ2v) is 4.30. The first kappa shape index (κ1) is 18.3. The van der Waals surface area contributed by atoms with E-state index >= 15 is 0 Å². The molecular formula is C11H11F6NO2. The lowest BCUT2D eigenvalue weighted by Crippen LogP contribution is -2.44. The van der Waals surface area contributed by atoms with Crippen LogP contribution in [0.15, 0.2) is 11.1 Å². The van der Waals surface area contributed by atoms with Crippen LogP contribution in [-0.2, 0) is 4.79 Å². The van der Waals surface area contributed by atoms with Crippen LogP contribution >= 0.6 is 0 Å². The summed E-state index contributed by atoms with van der Waals surface area (Å²) in [7, 11) is 0. The van der Waals surface area contributed by atoms with Crippen LogP contribution in [0.1, 0.15) is 26.7 Å². The second-order valence-electron chi connectivity index (χ2n) is 4.30. The molecule has 0 aromatic carbocycles. The SMILES string of the molecule is CC(=C(C#N)C(=O)O)C(F)(F)C(C)(F)CCC(F)(F)F. The Bertz CT molecular complexity index is 459. The van der Waals surface area contributed by atoms with E-state index in [0.717, 1.165) is 6.07 Å². The fraction of sp³-hybridized carbons (Fsp3) is 0.636. The second kappa shape index (κ2) is 5.73. The van der Waals surface area contributed by atoms with E-state index < -0.39 is 47.7 Å². The van der Waals surface area contributed by atoms with Gasteiger partial charge in [-0.1, -0.05) is 0 Å². The number of rotatable bonds is 5. The van der Waals surface area contributed by atoms with E-state index in [0.29, 0.717) is 6.92 Å². The average Bonchev–Trinajstić information content (AvgIpc) is 2.25. The molecule has 0 aromatic heterocycles. The molecule has 0 amide bonds. The molecule has 0 rings (SSSR count). The summed E-state index contributed by atoms with van der Waals surface area (Å²) in [5.41, 5.74) is -6.45. The molecule has 0 spiro atoms. The van der Waals surface area contributed by atoms with Gasteiger partial charge in [-0.3, -0.25) is 0 Å². The highest BCUT2D eigenvalue weighted by atomic mass is 19.4. The molecule has 0 fully saturated rings. The molecule has 0 saturated heterocycles. The first-order valence-electron chi connectivity index (χ1n) is 5.24. The minimum absolute atomic E-state index is 0.235. The monoisotopic (exact) mass is 303 g/mol. The van der Waals surface area contributed by atoms with Gasteiger partial charge in [0.2, 0.25) is 0 Å². The third kappa shape index (κ3) is 4.15. The first-order chi connectivity index (χ1) is 8.76. The summed E-state index contributed by atoms with van der Waals surface area (Å²) in [6.07, 6.45) is -8.18. The lowest BCUT2D eigenvalue weighted by Gasteiger charge is -2.31. The molecular weight excluding hydrogens is 292 g/mol. The van der Waals surface area contributed by atoms with Crippen molar-refractivity contribution in [1.29, 1.82) is 5.26 Å². The van der Waals surface area contributed by atoms with Gasteiger partial charge in [-0.15, -0.1) is 0 Å². The van der Waals surface area contributed by atoms with Crippen molar-refractivity contribution in [3.63, 3.8) is 0 Å². The van der Waals surface area contributed by atoms with E-state index in [1.54, 1.807) is 0 Å². The van der Waals surface area contributed by atoms with Gasteiger partial charge >= 0.3 is 18.1 Å². The Morgan fingerprint density at radius 2 is 1.60 bits per heavy atom. The Labute approximate surface area is 110 Å². The Morgan fingerprint density at radius 1 is 1.15 bits per heavy atom. The quantitative estimate of drug-likeness (QED) is 0.479. The Balaban J connectivity index is 5.51. The van der Waals surface area contributed by atoms with E-state index in [-0.39, 0.29) is 6.92 Å². The van der Waals surface area contributed by atoms with Crippen LogP contribution in [0.2, 0.25) is 0 Å². The standard InChI is InChI=1S/C11H11F6NO2/c1-6(7(5-18)8(19)20)11(16,17)9(2,12)3-4-10(13,14)15/h3-4H2,1-2H3,(H,19,20). The molecule has 0 heterocycles. The Hall–Kier alpha value is -1.72. The first-order valence-corrected chi connectivity index (χ1v) is 5.24. The Kier molecular flexibility index (Phi) is 5.23. The molecule has 1 N–H and O–H groups in total. The molecule has 0 aliphatic carbocycles. The van der Waals surface area contributed by atoms with Crippen molar-refractivity contribution in [3.8, 4) is 6.07 Å². The largest absolute Gasteiger partial charge is 0.477 e. The van der Waals surface area contributed by atoms with Crippen molar-refractivity contribution >= 4 is 5.97 Å². The minimum atomic E-state index is -4.83. The predicted octanol–water partition coefficient (Wildman–Crippen LogP) is 3.62. The number of hydrogen-bond acceptors (Lipinski definition) is 2. The molecule has 3 nitrogen and oxygen atoms in total. The van der Waals surface area contributed by atoms with Gasteiger partial charge in [0.15, 0.2) is 5.67 Å². The minimum Gasteiger partial charge on any atom is -0.477 e. The molecule has 9 heteroatoms. The zero-order valence-electron chi connectivity index (χ0n) is 10.5. The topological polar surface area (TPSA) is 61.1 Å². The number of carboxylic acids is 1. The van der Waals surface area contributed by atoms with E-state index in [1.807, 2.05) is 0 Å². The van der Waals surface area contributed by atoms with Gasteiger partial charge in [-0.2, -0.15) is 27.2 Å². The van der Waals surface area contributed by atoms with Gasteiger partial charge in [0.1, 0.15) is 11.6 Å². The number of nitriles is 1. The molecule has 114 valence electrons. The predicted molar refractivity (Wildman–Crippen MR) is 55.7 cm³/mol. The summed E-state index contributed by atoms with van der Waals surface area (Å²) in [5, 5.41) is 16.9. The highest BCUT2D eigenvalue weighted by molar-refractivity contribution is 5.92. The highest BCUT2D eigenvalue weighted by Gasteiger charge is 2.54. The number of halogens is 6. The molecule has 0 aromatic rings. The molecule has 0 radical (unpaired) electrons. The maximum Gasteiger partial charge on any atom is 0.389 e. The number of allylic oxidation sites excluding steroid dienone is 1. The fourth-order valence-corrected chi connectivity index (χ4v) is 1.37. The number of nitrogens with zero attached hydrogens (tertiary/aromatic N) is 1. The van der Waals surface area contributed by atoms with Crippen molar-refractivity contribution in [2.24, 2.45) is 0 Å². The summed E-state index contributed by atoms with van der Waals surface area (Å²) in [6, 6.07) is 0.963. The molecule has 1 unspecified atom stereocenters. The summed E-state index contributed by atoms with van der Waals surface area (Å²) in [5.74, 6) is -6.52.